The lowest BCUT2D eigenvalue weighted by Crippen LogP contribution is -2.41. The normalized spacial score (nSPS) is 13.1. The standard InChI is InChI=1S/C19H25Br2OPSSi/c1-19(2,3)25(4,5)22-14-23(24,17-10-6-15(20)7-11-17)18-12-8-16(21)9-13-18/h6-13H,14H2,1-5H3. The molecule has 25 heavy (non-hydrogen) atoms. The molecule has 0 saturated carbocycles. The summed E-state index contributed by atoms with van der Waals surface area (Å²) < 4.78 is 8.73. The molecule has 0 amide bonds. The summed E-state index contributed by atoms with van der Waals surface area (Å²) in [5.74, 6) is 0. The second-order valence-corrected chi connectivity index (χ2v) is 19.0. The van der Waals surface area contributed by atoms with E-state index < -0.39 is 14.4 Å². The van der Waals surface area contributed by atoms with Crippen LogP contribution in [0.3, 0.4) is 0 Å². The highest BCUT2D eigenvalue weighted by molar-refractivity contribution is 9.10. The van der Waals surface area contributed by atoms with Crippen LogP contribution < -0.4 is 10.6 Å². The van der Waals surface area contributed by atoms with Crippen LogP contribution in [0, 0.1) is 0 Å². The quantitative estimate of drug-likeness (QED) is 0.324. The maximum Gasteiger partial charge on any atom is 0.192 e. The molecule has 0 aliphatic carbocycles. The summed E-state index contributed by atoms with van der Waals surface area (Å²) in [6.07, 6.45) is 0.613. The van der Waals surface area contributed by atoms with Gasteiger partial charge in [0.2, 0.25) is 0 Å². The fourth-order valence-corrected chi connectivity index (χ4v) is 8.17. The molecular weight excluding hydrogens is 495 g/mol. The molecule has 0 saturated heterocycles. The summed E-state index contributed by atoms with van der Waals surface area (Å²) >= 11 is 13.3. The van der Waals surface area contributed by atoms with Gasteiger partial charge in [-0.2, -0.15) is 0 Å². The molecule has 0 radical (unpaired) electrons. The highest BCUT2D eigenvalue weighted by atomic mass is 79.9. The van der Waals surface area contributed by atoms with Crippen LogP contribution in [0.4, 0.5) is 0 Å². The van der Waals surface area contributed by atoms with E-state index in [1.807, 2.05) is 0 Å². The van der Waals surface area contributed by atoms with Crippen molar-refractivity contribution in [2.75, 3.05) is 6.35 Å². The molecule has 2 aromatic rings. The molecule has 1 nitrogen and oxygen atoms in total. The number of hydrogen-bond donors (Lipinski definition) is 0. The Bertz CT molecular complexity index is 718. The van der Waals surface area contributed by atoms with Gasteiger partial charge in [-0.15, -0.1) is 0 Å². The zero-order chi connectivity index (χ0) is 18.9. The van der Waals surface area contributed by atoms with E-state index in [0.717, 1.165) is 8.95 Å². The minimum absolute atomic E-state index is 0.173. The minimum atomic E-state index is -2.03. The van der Waals surface area contributed by atoms with Crippen LogP contribution in [-0.2, 0) is 16.2 Å². The van der Waals surface area contributed by atoms with E-state index in [9.17, 15) is 0 Å². The average Bonchev–Trinajstić information content (AvgIpc) is 2.53. The Morgan fingerprint density at radius 2 is 1.24 bits per heavy atom. The second kappa shape index (κ2) is 8.08. The van der Waals surface area contributed by atoms with Gasteiger partial charge < -0.3 is 4.43 Å². The van der Waals surface area contributed by atoms with Crippen LogP contribution in [0.25, 0.3) is 0 Å². The number of hydrogen-bond acceptors (Lipinski definition) is 2. The van der Waals surface area contributed by atoms with E-state index in [0.29, 0.717) is 6.35 Å². The largest absolute Gasteiger partial charge is 0.411 e. The predicted octanol–water partition coefficient (Wildman–Crippen LogP) is 6.62. The van der Waals surface area contributed by atoms with E-state index >= 15 is 0 Å². The first-order valence-corrected chi connectivity index (χ1v) is 15.7. The molecule has 0 heterocycles. The fraction of sp³-hybridized carbons (Fsp3) is 0.368. The van der Waals surface area contributed by atoms with Crippen LogP contribution in [0.1, 0.15) is 20.8 Å². The zero-order valence-electron chi connectivity index (χ0n) is 15.3. The molecule has 0 N–H and O–H groups in total. The first-order valence-electron chi connectivity index (χ1n) is 8.21. The van der Waals surface area contributed by atoms with E-state index in [-0.39, 0.29) is 5.04 Å². The molecule has 0 aromatic heterocycles. The fourth-order valence-electron chi connectivity index (χ4n) is 2.13. The van der Waals surface area contributed by atoms with Crippen molar-refractivity contribution < 1.29 is 4.43 Å². The molecule has 136 valence electrons. The summed E-state index contributed by atoms with van der Waals surface area (Å²) in [6, 6.07) is 14.8. The highest BCUT2D eigenvalue weighted by Gasteiger charge is 2.38. The van der Waals surface area contributed by atoms with Crippen molar-refractivity contribution in [2.45, 2.75) is 38.9 Å². The molecule has 0 aliphatic rings. The van der Waals surface area contributed by atoms with Gasteiger partial charge in [0.25, 0.3) is 0 Å². The van der Waals surface area contributed by atoms with Crippen LogP contribution in [0.15, 0.2) is 57.5 Å². The first kappa shape index (κ1) is 21.5. The maximum absolute atomic E-state index is 6.59. The van der Waals surface area contributed by atoms with E-state index in [2.05, 4.69) is 114 Å². The van der Waals surface area contributed by atoms with Gasteiger partial charge >= 0.3 is 0 Å². The molecular formula is C19H25Br2OPSSi. The Morgan fingerprint density at radius 1 is 0.880 bits per heavy atom. The second-order valence-electron chi connectivity index (χ2n) is 7.73. The van der Waals surface area contributed by atoms with Crippen molar-refractivity contribution in [3.05, 3.63) is 57.5 Å². The Balaban J connectivity index is 2.44. The van der Waals surface area contributed by atoms with Crippen molar-refractivity contribution >= 4 is 68.6 Å². The lowest BCUT2D eigenvalue weighted by molar-refractivity contribution is 0.351. The van der Waals surface area contributed by atoms with Crippen molar-refractivity contribution in [3.8, 4) is 0 Å². The summed E-state index contributed by atoms with van der Waals surface area (Å²) in [5, 5.41) is 2.57. The van der Waals surface area contributed by atoms with Gasteiger partial charge in [0, 0.05) is 15.0 Å². The van der Waals surface area contributed by atoms with Crippen molar-refractivity contribution in [1.29, 1.82) is 0 Å². The van der Waals surface area contributed by atoms with Gasteiger partial charge in [-0.3, -0.25) is 0 Å². The van der Waals surface area contributed by atoms with Gasteiger partial charge in [-0.25, -0.2) is 0 Å². The van der Waals surface area contributed by atoms with Gasteiger partial charge in [0.15, 0.2) is 8.32 Å². The van der Waals surface area contributed by atoms with Gasteiger partial charge in [-0.1, -0.05) is 88.7 Å². The van der Waals surface area contributed by atoms with E-state index in [1.165, 1.54) is 10.6 Å². The molecule has 0 aliphatic heterocycles. The van der Waals surface area contributed by atoms with Crippen LogP contribution in [-0.4, -0.2) is 14.7 Å². The first-order chi connectivity index (χ1) is 11.5. The molecule has 6 heteroatoms. The molecule has 2 rings (SSSR count). The molecule has 2 aromatic carbocycles. The summed E-state index contributed by atoms with van der Waals surface area (Å²) in [6.45, 7) is 11.4. The van der Waals surface area contributed by atoms with Gasteiger partial charge in [0.1, 0.15) is 0 Å². The lowest BCUT2D eigenvalue weighted by atomic mass is 10.2. The van der Waals surface area contributed by atoms with Crippen molar-refractivity contribution in [3.63, 3.8) is 0 Å². The van der Waals surface area contributed by atoms with Crippen LogP contribution in [0.2, 0.25) is 18.1 Å². The molecule has 0 bridgehead atoms. The zero-order valence-corrected chi connectivity index (χ0v) is 21.2. The SMILES string of the molecule is CC(C)(C)[Si](C)(C)OCP(=S)(c1ccc(Br)cc1)c1ccc(Br)cc1. The monoisotopic (exact) mass is 518 g/mol. The third kappa shape index (κ3) is 5.15. The van der Waals surface area contributed by atoms with Crippen molar-refractivity contribution in [2.24, 2.45) is 0 Å². The van der Waals surface area contributed by atoms with Crippen molar-refractivity contribution in [1.82, 2.24) is 0 Å². The summed E-state index contributed by atoms with van der Waals surface area (Å²) in [7, 11) is -1.86. The Kier molecular flexibility index (Phi) is 6.95. The smallest absolute Gasteiger partial charge is 0.192 e. The predicted molar refractivity (Wildman–Crippen MR) is 125 cm³/mol. The van der Waals surface area contributed by atoms with Gasteiger partial charge in [-0.05, 0) is 53.0 Å². The third-order valence-electron chi connectivity index (χ3n) is 4.90. The average molecular weight is 520 g/mol. The number of benzene rings is 2. The number of rotatable bonds is 5. The summed E-state index contributed by atoms with van der Waals surface area (Å²) in [4.78, 5) is 0. The van der Waals surface area contributed by atoms with E-state index in [1.54, 1.807) is 0 Å². The summed E-state index contributed by atoms with van der Waals surface area (Å²) in [5.41, 5.74) is 0. The number of halogens is 2. The highest BCUT2D eigenvalue weighted by Crippen LogP contribution is 2.47. The molecule has 0 spiro atoms. The van der Waals surface area contributed by atoms with Gasteiger partial charge in [0.05, 0.1) is 6.35 Å². The Labute approximate surface area is 175 Å². The molecule has 0 unspecified atom stereocenters. The topological polar surface area (TPSA) is 9.23 Å². The molecule has 0 fully saturated rings. The maximum atomic E-state index is 6.59. The minimum Gasteiger partial charge on any atom is -0.411 e. The lowest BCUT2D eigenvalue weighted by Gasteiger charge is -2.38. The molecule has 0 atom stereocenters. The Hall–Kier alpha value is 0.227. The third-order valence-corrected chi connectivity index (χ3v) is 15.0. The van der Waals surface area contributed by atoms with E-state index in [4.69, 9.17) is 16.2 Å². The van der Waals surface area contributed by atoms with Crippen LogP contribution in [0.5, 0.6) is 0 Å². The Morgan fingerprint density at radius 3 is 1.56 bits per heavy atom. The van der Waals surface area contributed by atoms with Crippen LogP contribution >= 0.6 is 37.9 Å².